The van der Waals surface area contributed by atoms with Crippen molar-refractivity contribution in [2.75, 3.05) is 12.4 Å². The van der Waals surface area contributed by atoms with E-state index in [1.54, 1.807) is 0 Å². The monoisotopic (exact) mass is 174 g/mol. The van der Waals surface area contributed by atoms with Crippen molar-refractivity contribution < 1.29 is 51.4 Å². The summed E-state index contributed by atoms with van der Waals surface area (Å²) in [5, 5.41) is 3.03. The van der Waals surface area contributed by atoms with Gasteiger partial charge < -0.3 is 12.7 Å². The van der Waals surface area contributed by atoms with Crippen LogP contribution in [-0.2, 0) is 0 Å². The van der Waals surface area contributed by atoms with Gasteiger partial charge in [-0.05, 0) is 7.05 Å². The second-order valence-electron chi connectivity index (χ2n) is 1.91. The van der Waals surface area contributed by atoms with Gasteiger partial charge in [-0.15, -0.1) is 6.07 Å². The van der Waals surface area contributed by atoms with Gasteiger partial charge in [-0.25, -0.2) is 0 Å². The van der Waals surface area contributed by atoms with E-state index in [0.29, 0.717) is 0 Å². The van der Waals surface area contributed by atoms with Crippen molar-refractivity contribution in [1.82, 2.24) is 0 Å². The molecule has 1 aromatic carbocycles. The van der Waals surface area contributed by atoms with Crippen molar-refractivity contribution in [2.45, 2.75) is 0 Å². The summed E-state index contributed by atoms with van der Waals surface area (Å²) in [7, 11) is 1.89. The Morgan fingerprint density at radius 2 is 1.82 bits per heavy atom. The maximum Gasteiger partial charge on any atom is 1.00 e. The summed E-state index contributed by atoms with van der Waals surface area (Å²) in [6.45, 7) is 3.83. The molecule has 0 aromatic heterocycles. The van der Waals surface area contributed by atoms with Crippen LogP contribution in [0.4, 0.5) is 5.69 Å². The Kier molecular flexibility index (Phi) is 9.20. The van der Waals surface area contributed by atoms with Crippen molar-refractivity contribution in [3.63, 3.8) is 0 Å². The number of anilines is 1. The van der Waals surface area contributed by atoms with Crippen molar-refractivity contribution in [3.8, 4) is 0 Å². The number of nitrogens with one attached hydrogen (secondary N) is 1. The molecule has 0 fully saturated rings. The van der Waals surface area contributed by atoms with Crippen LogP contribution in [0, 0.1) is 14.4 Å². The van der Waals surface area contributed by atoms with Gasteiger partial charge in [-0.2, -0.15) is 18.6 Å². The number of hydrogen-bond acceptors (Lipinski definition) is 1. The summed E-state index contributed by atoms with van der Waals surface area (Å²) in [4.78, 5) is 0. The predicted molar refractivity (Wildman–Crippen MR) is 46.9 cm³/mol. The van der Waals surface area contributed by atoms with Gasteiger partial charge in [0.15, 0.2) is 0 Å². The number of benzene rings is 1. The molecule has 1 nitrogen and oxygen atoms in total. The molecule has 0 unspecified atom stereocenters. The standard InChI is InChI=1S/C8H10N.CH3.K/c1-7-5-3-4-6-8(7)9-2;;/h3-6,9H,1H2,2H3;1H3;/q2*-1;+1. The number of rotatable bonds is 1. The van der Waals surface area contributed by atoms with Crippen molar-refractivity contribution in [1.29, 1.82) is 0 Å². The molecule has 1 N–H and O–H groups in total. The van der Waals surface area contributed by atoms with Crippen LogP contribution in [0.25, 0.3) is 0 Å². The van der Waals surface area contributed by atoms with Crippen LogP contribution in [0.3, 0.4) is 0 Å². The molecule has 0 aliphatic heterocycles. The molecule has 0 heterocycles. The van der Waals surface area contributed by atoms with Gasteiger partial charge in [0.05, 0.1) is 0 Å². The third kappa shape index (κ3) is 4.18. The Morgan fingerprint density at radius 3 is 2.18 bits per heavy atom. The van der Waals surface area contributed by atoms with Gasteiger partial charge in [-0.3, -0.25) is 0 Å². The Hall–Kier alpha value is 0.526. The fraction of sp³-hybridized carbons (Fsp3) is 0.111. The molecule has 1 rings (SSSR count). The minimum atomic E-state index is 0. The summed E-state index contributed by atoms with van der Waals surface area (Å²) < 4.78 is 0. The summed E-state index contributed by atoms with van der Waals surface area (Å²) >= 11 is 0. The molecular formula is C9H13KN-. The molecule has 0 saturated heterocycles. The Morgan fingerprint density at radius 1 is 1.27 bits per heavy atom. The molecule has 0 amide bonds. The van der Waals surface area contributed by atoms with Crippen LogP contribution in [0.5, 0.6) is 0 Å². The van der Waals surface area contributed by atoms with E-state index < -0.39 is 0 Å². The molecule has 56 valence electrons. The first-order valence-electron chi connectivity index (χ1n) is 2.93. The van der Waals surface area contributed by atoms with E-state index in [1.807, 2.05) is 31.3 Å². The Balaban J connectivity index is 0. The molecule has 0 atom stereocenters. The largest absolute Gasteiger partial charge is 1.00 e. The zero-order valence-electron chi connectivity index (χ0n) is 7.52. The van der Waals surface area contributed by atoms with Crippen LogP contribution in [0.1, 0.15) is 5.56 Å². The maximum atomic E-state index is 3.83. The topological polar surface area (TPSA) is 12.0 Å². The second kappa shape index (κ2) is 7.19. The third-order valence-electron chi connectivity index (χ3n) is 1.29. The van der Waals surface area contributed by atoms with Gasteiger partial charge >= 0.3 is 51.4 Å². The molecule has 0 bridgehead atoms. The molecular weight excluding hydrogens is 161 g/mol. The summed E-state index contributed by atoms with van der Waals surface area (Å²) in [6, 6.07) is 7.94. The molecule has 0 spiro atoms. The third-order valence-corrected chi connectivity index (χ3v) is 1.29. The molecule has 11 heavy (non-hydrogen) atoms. The van der Waals surface area contributed by atoms with Crippen LogP contribution < -0.4 is 56.7 Å². The first-order valence-corrected chi connectivity index (χ1v) is 2.93. The zero-order chi connectivity index (χ0) is 6.69. The SMILES string of the molecule is [CH2-]c1ccccc1NC.[CH3-].[K+]. The molecule has 0 radical (unpaired) electrons. The van der Waals surface area contributed by atoms with Crippen LogP contribution >= 0.6 is 0 Å². The van der Waals surface area contributed by atoms with E-state index in [4.69, 9.17) is 0 Å². The van der Waals surface area contributed by atoms with Gasteiger partial charge in [0.2, 0.25) is 0 Å². The first kappa shape index (κ1) is 14.1. The normalized spacial score (nSPS) is 7.36. The number of para-hydroxylation sites is 1. The van der Waals surface area contributed by atoms with Crippen molar-refractivity contribution >= 4 is 5.69 Å². The summed E-state index contributed by atoms with van der Waals surface area (Å²) in [5.74, 6) is 0. The molecule has 0 aliphatic carbocycles. The van der Waals surface area contributed by atoms with Gasteiger partial charge in [0.1, 0.15) is 0 Å². The van der Waals surface area contributed by atoms with Gasteiger partial charge in [0.25, 0.3) is 0 Å². The van der Waals surface area contributed by atoms with Crippen LogP contribution in [-0.4, -0.2) is 7.05 Å². The van der Waals surface area contributed by atoms with Crippen molar-refractivity contribution in [2.24, 2.45) is 0 Å². The first-order chi connectivity index (χ1) is 4.34. The van der Waals surface area contributed by atoms with E-state index in [1.165, 1.54) is 0 Å². The van der Waals surface area contributed by atoms with E-state index >= 15 is 0 Å². The van der Waals surface area contributed by atoms with Crippen LogP contribution in [0.15, 0.2) is 24.3 Å². The van der Waals surface area contributed by atoms with Crippen LogP contribution in [0.2, 0.25) is 0 Å². The fourth-order valence-corrected chi connectivity index (χ4v) is 0.764. The van der Waals surface area contributed by atoms with E-state index in [-0.39, 0.29) is 58.8 Å². The summed E-state index contributed by atoms with van der Waals surface area (Å²) in [5.41, 5.74) is 2.14. The predicted octanol–water partition coefficient (Wildman–Crippen LogP) is -0.635. The summed E-state index contributed by atoms with van der Waals surface area (Å²) in [6.07, 6.45) is 0. The van der Waals surface area contributed by atoms with E-state index in [0.717, 1.165) is 11.3 Å². The van der Waals surface area contributed by atoms with Gasteiger partial charge in [0, 0.05) is 0 Å². The smallest absolute Gasteiger partial charge is 0.439 e. The van der Waals surface area contributed by atoms with E-state index in [9.17, 15) is 0 Å². The quantitative estimate of drug-likeness (QED) is 0.441. The number of hydrogen-bond donors (Lipinski definition) is 1. The average Bonchev–Trinajstić information content (AvgIpc) is 1.89. The average molecular weight is 174 g/mol. The minimum absolute atomic E-state index is 0. The molecule has 0 aliphatic rings. The van der Waals surface area contributed by atoms with E-state index in [2.05, 4.69) is 12.2 Å². The zero-order valence-corrected chi connectivity index (χ0v) is 10.6. The Bertz CT molecular complexity index is 199. The second-order valence-corrected chi connectivity index (χ2v) is 1.91. The maximum absolute atomic E-state index is 3.83. The minimum Gasteiger partial charge on any atom is -0.439 e. The molecule has 2 heteroatoms. The molecule has 1 aromatic rings. The fourth-order valence-electron chi connectivity index (χ4n) is 0.764. The Labute approximate surface area is 112 Å². The van der Waals surface area contributed by atoms with Gasteiger partial charge in [-0.1, -0.05) is 17.8 Å². The van der Waals surface area contributed by atoms with Crippen molar-refractivity contribution in [3.05, 3.63) is 44.2 Å². The molecule has 0 saturated carbocycles.